The van der Waals surface area contributed by atoms with Crippen molar-refractivity contribution in [1.82, 2.24) is 25.1 Å². The predicted octanol–water partition coefficient (Wildman–Crippen LogP) is 4.73. The standard InChI is InChI=1S/C24H28N6OS/c1-3-12-25-21-20-16-27-30(22(20)29-24(28-21)32-15-4-2)14-13-26-23(31)19-11-7-9-17-8-5-6-10-18(17)19/h5-11,16H,3-4,12-15H2,1-2H3,(H,26,31)(H,25,28,29). The molecule has 2 aromatic carbocycles. The maximum Gasteiger partial charge on any atom is 0.251 e. The van der Waals surface area contributed by atoms with Gasteiger partial charge in [-0.25, -0.2) is 14.6 Å². The molecular weight excluding hydrogens is 420 g/mol. The van der Waals surface area contributed by atoms with Crippen LogP contribution in [0.5, 0.6) is 0 Å². The molecule has 32 heavy (non-hydrogen) atoms. The average molecular weight is 449 g/mol. The molecule has 2 heterocycles. The highest BCUT2D eigenvalue weighted by molar-refractivity contribution is 7.99. The largest absolute Gasteiger partial charge is 0.369 e. The van der Waals surface area contributed by atoms with Crippen LogP contribution in [0.1, 0.15) is 37.0 Å². The summed E-state index contributed by atoms with van der Waals surface area (Å²) in [6.07, 6.45) is 3.87. The van der Waals surface area contributed by atoms with Gasteiger partial charge in [-0.1, -0.05) is 62.0 Å². The molecule has 0 spiro atoms. The molecule has 166 valence electrons. The number of carbonyl (C=O) groups is 1. The molecule has 0 aliphatic heterocycles. The highest BCUT2D eigenvalue weighted by Crippen LogP contribution is 2.25. The fourth-order valence-electron chi connectivity index (χ4n) is 3.53. The Morgan fingerprint density at radius 1 is 1.00 bits per heavy atom. The third kappa shape index (κ3) is 4.85. The van der Waals surface area contributed by atoms with Crippen molar-refractivity contribution >= 4 is 45.3 Å². The van der Waals surface area contributed by atoms with Gasteiger partial charge in [-0.15, -0.1) is 0 Å². The van der Waals surface area contributed by atoms with E-state index >= 15 is 0 Å². The van der Waals surface area contributed by atoms with E-state index in [-0.39, 0.29) is 5.91 Å². The molecule has 0 aliphatic rings. The Morgan fingerprint density at radius 3 is 2.69 bits per heavy atom. The number of benzene rings is 2. The third-order valence-electron chi connectivity index (χ3n) is 5.10. The summed E-state index contributed by atoms with van der Waals surface area (Å²) in [5, 5.41) is 14.6. The zero-order valence-corrected chi connectivity index (χ0v) is 19.3. The molecule has 2 N–H and O–H groups in total. The molecule has 0 saturated carbocycles. The molecule has 0 atom stereocenters. The monoisotopic (exact) mass is 448 g/mol. The Bertz CT molecular complexity index is 1220. The molecular formula is C24H28N6OS. The molecule has 0 bridgehead atoms. The van der Waals surface area contributed by atoms with Gasteiger partial charge >= 0.3 is 0 Å². The van der Waals surface area contributed by atoms with Crippen molar-refractivity contribution < 1.29 is 4.79 Å². The highest BCUT2D eigenvalue weighted by Gasteiger charge is 2.14. The van der Waals surface area contributed by atoms with Crippen molar-refractivity contribution in [3.63, 3.8) is 0 Å². The maximum atomic E-state index is 12.8. The number of aromatic nitrogens is 4. The summed E-state index contributed by atoms with van der Waals surface area (Å²) in [7, 11) is 0. The van der Waals surface area contributed by atoms with Crippen molar-refractivity contribution in [3.8, 4) is 0 Å². The van der Waals surface area contributed by atoms with E-state index < -0.39 is 0 Å². The lowest BCUT2D eigenvalue weighted by Crippen LogP contribution is -2.27. The van der Waals surface area contributed by atoms with E-state index in [1.165, 1.54) is 0 Å². The lowest BCUT2D eigenvalue weighted by atomic mass is 10.0. The van der Waals surface area contributed by atoms with Gasteiger partial charge in [0.1, 0.15) is 5.82 Å². The summed E-state index contributed by atoms with van der Waals surface area (Å²) in [6, 6.07) is 13.7. The number of amides is 1. The number of rotatable bonds is 10. The van der Waals surface area contributed by atoms with Crippen molar-refractivity contribution in [2.75, 3.05) is 24.2 Å². The number of nitrogens with zero attached hydrogens (tertiary/aromatic N) is 4. The summed E-state index contributed by atoms with van der Waals surface area (Å²) in [5.74, 6) is 1.70. The smallest absolute Gasteiger partial charge is 0.251 e. The minimum absolute atomic E-state index is 0.0858. The van der Waals surface area contributed by atoms with Crippen LogP contribution in [0.25, 0.3) is 21.8 Å². The van der Waals surface area contributed by atoms with Gasteiger partial charge in [-0.05, 0) is 29.7 Å². The van der Waals surface area contributed by atoms with Gasteiger partial charge < -0.3 is 10.6 Å². The molecule has 8 heteroatoms. The van der Waals surface area contributed by atoms with Gasteiger partial charge in [-0.3, -0.25) is 4.79 Å². The van der Waals surface area contributed by atoms with Crippen LogP contribution in [0.3, 0.4) is 0 Å². The fourth-order valence-corrected chi connectivity index (χ4v) is 4.22. The Labute approximate surface area is 192 Å². The summed E-state index contributed by atoms with van der Waals surface area (Å²) < 4.78 is 1.84. The van der Waals surface area contributed by atoms with Crippen molar-refractivity contribution in [2.45, 2.75) is 38.4 Å². The van der Waals surface area contributed by atoms with Crippen LogP contribution in [0.2, 0.25) is 0 Å². The van der Waals surface area contributed by atoms with Gasteiger partial charge in [0.15, 0.2) is 10.8 Å². The molecule has 7 nitrogen and oxygen atoms in total. The zero-order chi connectivity index (χ0) is 22.3. The van der Waals surface area contributed by atoms with Gasteiger partial charge in [-0.2, -0.15) is 5.10 Å². The summed E-state index contributed by atoms with van der Waals surface area (Å²) in [6.45, 7) is 6.10. The number of fused-ring (bicyclic) bond motifs is 2. The van der Waals surface area contributed by atoms with E-state index in [0.29, 0.717) is 18.7 Å². The predicted molar refractivity (Wildman–Crippen MR) is 131 cm³/mol. The van der Waals surface area contributed by atoms with Gasteiger partial charge in [0.25, 0.3) is 5.91 Å². The number of carbonyl (C=O) groups excluding carboxylic acids is 1. The Morgan fingerprint density at radius 2 is 1.84 bits per heavy atom. The lowest BCUT2D eigenvalue weighted by molar-refractivity contribution is 0.0953. The lowest BCUT2D eigenvalue weighted by Gasteiger charge is -2.10. The minimum atomic E-state index is -0.0858. The van der Waals surface area contributed by atoms with E-state index in [9.17, 15) is 4.79 Å². The van der Waals surface area contributed by atoms with Crippen LogP contribution in [-0.4, -0.2) is 44.5 Å². The fraction of sp³-hybridized carbons (Fsp3) is 0.333. The van der Waals surface area contributed by atoms with Crippen LogP contribution < -0.4 is 10.6 Å². The van der Waals surface area contributed by atoms with Crippen molar-refractivity contribution in [2.24, 2.45) is 0 Å². The first-order valence-electron chi connectivity index (χ1n) is 11.1. The molecule has 4 aromatic rings. The topological polar surface area (TPSA) is 84.7 Å². The molecule has 4 rings (SSSR count). The molecule has 0 fully saturated rings. The Hall–Kier alpha value is -3.13. The molecule has 0 saturated heterocycles. The van der Waals surface area contributed by atoms with E-state index in [1.807, 2.05) is 47.1 Å². The summed E-state index contributed by atoms with van der Waals surface area (Å²) >= 11 is 1.65. The molecule has 0 unspecified atom stereocenters. The molecule has 0 aliphatic carbocycles. The molecule has 1 amide bonds. The van der Waals surface area contributed by atoms with Crippen LogP contribution in [0.4, 0.5) is 5.82 Å². The van der Waals surface area contributed by atoms with Gasteiger partial charge in [0.2, 0.25) is 0 Å². The number of hydrogen-bond donors (Lipinski definition) is 2. The minimum Gasteiger partial charge on any atom is -0.369 e. The first-order valence-corrected chi connectivity index (χ1v) is 12.1. The van der Waals surface area contributed by atoms with E-state index in [4.69, 9.17) is 4.98 Å². The quantitative estimate of drug-likeness (QED) is 0.269. The third-order valence-corrected chi connectivity index (χ3v) is 6.15. The van der Waals surface area contributed by atoms with Crippen molar-refractivity contribution in [3.05, 3.63) is 54.2 Å². The Balaban J connectivity index is 1.50. The van der Waals surface area contributed by atoms with Crippen LogP contribution >= 0.6 is 11.8 Å². The van der Waals surface area contributed by atoms with Crippen LogP contribution in [0.15, 0.2) is 53.8 Å². The number of anilines is 1. The van der Waals surface area contributed by atoms with Crippen LogP contribution in [-0.2, 0) is 6.54 Å². The summed E-state index contributed by atoms with van der Waals surface area (Å²) in [4.78, 5) is 22.2. The normalized spacial score (nSPS) is 11.2. The maximum absolute atomic E-state index is 12.8. The second-order valence-corrected chi connectivity index (χ2v) is 8.58. The molecule has 0 radical (unpaired) electrons. The summed E-state index contributed by atoms with van der Waals surface area (Å²) in [5.41, 5.74) is 1.47. The number of nitrogens with one attached hydrogen (secondary N) is 2. The SMILES string of the molecule is CCCNc1nc(SCCC)nc2c1cnn2CCNC(=O)c1cccc2ccccc12. The highest BCUT2D eigenvalue weighted by atomic mass is 32.2. The number of thioether (sulfide) groups is 1. The van der Waals surface area contributed by atoms with E-state index in [0.717, 1.165) is 57.9 Å². The zero-order valence-electron chi connectivity index (χ0n) is 18.5. The number of hydrogen-bond acceptors (Lipinski definition) is 6. The van der Waals surface area contributed by atoms with E-state index in [2.05, 4.69) is 34.6 Å². The average Bonchev–Trinajstić information content (AvgIpc) is 3.23. The molecule has 2 aromatic heterocycles. The second kappa shape index (κ2) is 10.5. The van der Waals surface area contributed by atoms with E-state index in [1.54, 1.807) is 18.0 Å². The van der Waals surface area contributed by atoms with Crippen LogP contribution in [0, 0.1) is 0 Å². The van der Waals surface area contributed by atoms with Crippen molar-refractivity contribution in [1.29, 1.82) is 0 Å². The first-order chi connectivity index (χ1) is 15.7. The van der Waals surface area contributed by atoms with Gasteiger partial charge in [0.05, 0.1) is 18.1 Å². The van der Waals surface area contributed by atoms with Gasteiger partial charge in [0, 0.05) is 24.4 Å². The Kier molecular flexibility index (Phi) is 7.21. The second-order valence-electron chi connectivity index (χ2n) is 7.52. The first kappa shape index (κ1) is 22.1.